The third kappa shape index (κ3) is 8.51. The Hall–Kier alpha value is -0.200. The summed E-state index contributed by atoms with van der Waals surface area (Å²) in [5.74, 6) is 0. The highest BCUT2D eigenvalue weighted by atomic mass is 32.2. The van der Waals surface area contributed by atoms with Crippen LogP contribution in [0.25, 0.3) is 0 Å². The van der Waals surface area contributed by atoms with Crippen LogP contribution in [-0.4, -0.2) is 21.5 Å². The van der Waals surface area contributed by atoms with E-state index >= 15 is 0 Å². The summed E-state index contributed by atoms with van der Waals surface area (Å²) in [6, 6.07) is -0.450. The minimum atomic E-state index is -4.18. The minimum Gasteiger partial charge on any atom is -0.598 e. The molecule has 0 saturated heterocycles. The Kier molecular flexibility index (Phi) is 6.58. The zero-order valence-electron chi connectivity index (χ0n) is 10.4. The van der Waals surface area contributed by atoms with Crippen molar-refractivity contribution in [1.29, 1.82) is 0 Å². The number of hydrogen-bond acceptors (Lipinski definition) is 2. The molecule has 0 saturated carbocycles. The van der Waals surface area contributed by atoms with Crippen LogP contribution in [0, 0.1) is 0 Å². The predicted octanol–water partition coefficient (Wildman–Crippen LogP) is 3.33. The largest absolute Gasteiger partial charge is 0.598 e. The summed E-state index contributed by atoms with van der Waals surface area (Å²) in [5, 5.41) is 0. The number of halogens is 3. The summed E-state index contributed by atoms with van der Waals surface area (Å²) in [6.07, 6.45) is -3.23. The highest BCUT2D eigenvalue weighted by molar-refractivity contribution is 7.90. The Bertz CT molecular complexity index is 238. The molecule has 0 aliphatic heterocycles. The zero-order chi connectivity index (χ0) is 13.7. The highest BCUT2D eigenvalue weighted by Crippen LogP contribution is 2.24. The first kappa shape index (κ1) is 16.8. The molecule has 0 rings (SSSR count). The van der Waals surface area contributed by atoms with Gasteiger partial charge in [0.1, 0.15) is 4.75 Å². The van der Waals surface area contributed by atoms with Crippen molar-refractivity contribution >= 4 is 11.4 Å². The number of nitrogens with one attached hydrogen (secondary N) is 1. The maximum Gasteiger partial charge on any atom is 0.389 e. The summed E-state index contributed by atoms with van der Waals surface area (Å²) in [7, 11) is 0. The van der Waals surface area contributed by atoms with Crippen molar-refractivity contribution < 1.29 is 17.7 Å². The molecule has 2 atom stereocenters. The molecule has 0 bridgehead atoms. The van der Waals surface area contributed by atoms with E-state index in [0.29, 0.717) is 6.42 Å². The van der Waals surface area contributed by atoms with Gasteiger partial charge in [0, 0.05) is 17.8 Å². The normalized spacial score (nSPS) is 16.6. The van der Waals surface area contributed by atoms with Crippen molar-refractivity contribution in [1.82, 2.24) is 4.72 Å². The summed E-state index contributed by atoms with van der Waals surface area (Å²) >= 11 is -1.36. The van der Waals surface area contributed by atoms with Crippen LogP contribution in [0.15, 0.2) is 12.7 Å². The van der Waals surface area contributed by atoms with Gasteiger partial charge in [0.15, 0.2) is 0 Å². The van der Waals surface area contributed by atoms with Gasteiger partial charge >= 0.3 is 6.18 Å². The molecule has 0 aromatic carbocycles. The molecule has 0 radical (unpaired) electrons. The van der Waals surface area contributed by atoms with Gasteiger partial charge in [-0.05, 0) is 33.6 Å². The Morgan fingerprint density at radius 2 is 1.88 bits per heavy atom. The first-order valence-corrected chi connectivity index (χ1v) is 6.57. The quantitative estimate of drug-likeness (QED) is 0.594. The van der Waals surface area contributed by atoms with Gasteiger partial charge in [-0.3, -0.25) is 0 Å². The van der Waals surface area contributed by atoms with Crippen LogP contribution < -0.4 is 4.72 Å². The van der Waals surface area contributed by atoms with E-state index in [1.54, 1.807) is 20.8 Å². The van der Waals surface area contributed by atoms with Crippen LogP contribution in [0.1, 0.15) is 40.0 Å². The van der Waals surface area contributed by atoms with Crippen molar-refractivity contribution in [2.24, 2.45) is 0 Å². The van der Waals surface area contributed by atoms with Crippen LogP contribution in [0.2, 0.25) is 0 Å². The van der Waals surface area contributed by atoms with Gasteiger partial charge in [-0.15, -0.1) is 11.3 Å². The van der Waals surface area contributed by atoms with E-state index in [-0.39, 0.29) is 6.42 Å². The van der Waals surface area contributed by atoms with Crippen LogP contribution in [0.5, 0.6) is 0 Å². The van der Waals surface area contributed by atoms with E-state index in [2.05, 4.69) is 11.3 Å². The van der Waals surface area contributed by atoms with E-state index < -0.39 is 34.7 Å². The monoisotopic (exact) mass is 271 g/mol. The van der Waals surface area contributed by atoms with Crippen LogP contribution in [0.3, 0.4) is 0 Å². The SMILES string of the molecule is C=CC[C@H](CCC(F)(F)F)N[S@@+]([O-])C(C)(C)C. The zero-order valence-corrected chi connectivity index (χ0v) is 11.3. The van der Waals surface area contributed by atoms with Crippen molar-refractivity contribution in [2.75, 3.05) is 0 Å². The highest BCUT2D eigenvalue weighted by Gasteiger charge is 2.32. The second-order valence-electron chi connectivity index (χ2n) is 4.87. The molecule has 0 fully saturated rings. The van der Waals surface area contributed by atoms with E-state index in [1.165, 1.54) is 6.08 Å². The summed E-state index contributed by atoms with van der Waals surface area (Å²) in [4.78, 5) is 0. The van der Waals surface area contributed by atoms with E-state index in [9.17, 15) is 17.7 Å². The molecule has 0 unspecified atom stereocenters. The lowest BCUT2D eigenvalue weighted by atomic mass is 10.1. The average Bonchev–Trinajstić information content (AvgIpc) is 2.11. The summed E-state index contributed by atoms with van der Waals surface area (Å²) in [5.41, 5.74) is 0. The van der Waals surface area contributed by atoms with Gasteiger partial charge in [0.05, 0.1) is 6.04 Å². The van der Waals surface area contributed by atoms with Gasteiger partial charge in [-0.1, -0.05) is 6.08 Å². The fourth-order valence-electron chi connectivity index (χ4n) is 1.09. The molecule has 102 valence electrons. The molecular weight excluding hydrogens is 251 g/mol. The van der Waals surface area contributed by atoms with Gasteiger partial charge in [-0.2, -0.15) is 13.2 Å². The molecule has 17 heavy (non-hydrogen) atoms. The van der Waals surface area contributed by atoms with Gasteiger partial charge in [0.25, 0.3) is 0 Å². The molecule has 2 nitrogen and oxygen atoms in total. The molecule has 0 aliphatic carbocycles. The molecule has 0 aromatic rings. The molecule has 0 spiro atoms. The third-order valence-corrected chi connectivity index (χ3v) is 3.72. The van der Waals surface area contributed by atoms with Crippen LogP contribution in [0.4, 0.5) is 13.2 Å². The van der Waals surface area contributed by atoms with Crippen molar-refractivity contribution in [3.05, 3.63) is 12.7 Å². The van der Waals surface area contributed by atoms with E-state index in [4.69, 9.17) is 0 Å². The summed E-state index contributed by atoms with van der Waals surface area (Å²) in [6.45, 7) is 8.80. The Labute approximate surface area is 104 Å². The molecule has 0 aliphatic rings. The van der Waals surface area contributed by atoms with Gasteiger partial charge in [-0.25, -0.2) is 0 Å². The summed E-state index contributed by atoms with van der Waals surface area (Å²) < 4.78 is 50.3. The van der Waals surface area contributed by atoms with Crippen molar-refractivity contribution in [3.8, 4) is 0 Å². The third-order valence-electron chi connectivity index (χ3n) is 2.06. The minimum absolute atomic E-state index is 0.0860. The Morgan fingerprint density at radius 1 is 1.35 bits per heavy atom. The van der Waals surface area contributed by atoms with Crippen molar-refractivity contribution in [2.45, 2.75) is 57.0 Å². The van der Waals surface area contributed by atoms with E-state index in [1.807, 2.05) is 0 Å². The number of rotatable bonds is 6. The number of hydrogen-bond donors (Lipinski definition) is 1. The molecular formula is C11H20F3NOS. The Morgan fingerprint density at radius 3 is 2.24 bits per heavy atom. The van der Waals surface area contributed by atoms with Gasteiger partial charge < -0.3 is 4.55 Å². The first-order valence-electron chi connectivity index (χ1n) is 5.42. The second-order valence-corrected chi connectivity index (χ2v) is 6.87. The maximum atomic E-state index is 12.1. The Balaban J connectivity index is 4.29. The van der Waals surface area contributed by atoms with E-state index in [0.717, 1.165) is 0 Å². The standard InChI is InChI=1S/C11H20F3NOS/c1-5-6-9(7-8-11(12,13)14)15-17(16)10(2,3)4/h5,9,15H,1,6-8H2,2-4H3/t9-,17+/m1/s1. The first-order chi connectivity index (χ1) is 7.56. The smallest absolute Gasteiger partial charge is 0.389 e. The predicted molar refractivity (Wildman–Crippen MR) is 64.9 cm³/mol. The fraction of sp³-hybridized carbons (Fsp3) is 0.818. The molecule has 0 amide bonds. The maximum absolute atomic E-state index is 12.1. The molecule has 6 heteroatoms. The molecule has 1 N–H and O–H groups in total. The fourth-order valence-corrected chi connectivity index (χ4v) is 1.96. The van der Waals surface area contributed by atoms with Gasteiger partial charge in [0.2, 0.25) is 0 Å². The molecule has 0 aromatic heterocycles. The van der Waals surface area contributed by atoms with Crippen molar-refractivity contribution in [3.63, 3.8) is 0 Å². The van der Waals surface area contributed by atoms with Crippen LogP contribution >= 0.6 is 0 Å². The average molecular weight is 271 g/mol. The molecule has 0 heterocycles. The second kappa shape index (κ2) is 6.66. The lowest BCUT2D eigenvalue weighted by Gasteiger charge is -2.27. The lowest BCUT2D eigenvalue weighted by Crippen LogP contribution is -2.44. The number of alkyl halides is 3. The lowest BCUT2D eigenvalue weighted by molar-refractivity contribution is -0.136. The topological polar surface area (TPSA) is 35.1 Å². The van der Waals surface area contributed by atoms with Crippen LogP contribution in [-0.2, 0) is 11.4 Å².